The number of aryl methyl sites for hydroxylation is 2. The maximum absolute atomic E-state index is 12.2. The van der Waals surface area contributed by atoms with Gasteiger partial charge in [0.25, 0.3) is 0 Å². The van der Waals surface area contributed by atoms with Crippen molar-refractivity contribution in [2.45, 2.75) is 33.2 Å². The first-order chi connectivity index (χ1) is 11.1. The molecule has 0 aliphatic heterocycles. The average molecular weight is 309 g/mol. The number of pyridine rings is 2. The Hall–Kier alpha value is -2.76. The second-order valence-corrected chi connectivity index (χ2v) is 5.43. The molecular formula is C17H19N5O. The van der Waals surface area contributed by atoms with Crippen molar-refractivity contribution in [3.63, 3.8) is 0 Å². The SMILES string of the molecule is CCCn1cc(N)c(=O)c2cnc(-c3ccnc(CC)c3)nc21. The lowest BCUT2D eigenvalue weighted by Crippen LogP contribution is -2.15. The summed E-state index contributed by atoms with van der Waals surface area (Å²) in [5.41, 5.74) is 8.30. The molecule has 0 saturated carbocycles. The fraction of sp³-hybridized carbons (Fsp3) is 0.294. The number of fused-ring (bicyclic) bond motifs is 1. The molecule has 0 saturated heterocycles. The van der Waals surface area contributed by atoms with E-state index >= 15 is 0 Å². The van der Waals surface area contributed by atoms with E-state index < -0.39 is 0 Å². The van der Waals surface area contributed by atoms with Crippen molar-refractivity contribution in [2.24, 2.45) is 0 Å². The molecule has 0 aliphatic rings. The molecule has 0 aromatic carbocycles. The summed E-state index contributed by atoms with van der Waals surface area (Å²) in [6.07, 6.45) is 6.75. The summed E-state index contributed by atoms with van der Waals surface area (Å²) in [6, 6.07) is 3.85. The summed E-state index contributed by atoms with van der Waals surface area (Å²) < 4.78 is 1.92. The van der Waals surface area contributed by atoms with E-state index in [9.17, 15) is 4.79 Å². The Morgan fingerprint density at radius 3 is 2.83 bits per heavy atom. The van der Waals surface area contributed by atoms with E-state index in [0.29, 0.717) is 16.9 Å². The normalized spacial score (nSPS) is 11.0. The number of aromatic nitrogens is 4. The maximum atomic E-state index is 12.2. The molecular weight excluding hydrogens is 290 g/mol. The van der Waals surface area contributed by atoms with E-state index in [1.807, 2.05) is 16.7 Å². The van der Waals surface area contributed by atoms with Crippen molar-refractivity contribution in [1.29, 1.82) is 0 Å². The van der Waals surface area contributed by atoms with E-state index in [4.69, 9.17) is 5.73 Å². The van der Waals surface area contributed by atoms with Gasteiger partial charge in [-0.25, -0.2) is 9.97 Å². The van der Waals surface area contributed by atoms with Gasteiger partial charge >= 0.3 is 0 Å². The van der Waals surface area contributed by atoms with Gasteiger partial charge in [0, 0.05) is 36.4 Å². The Kier molecular flexibility index (Phi) is 4.06. The summed E-state index contributed by atoms with van der Waals surface area (Å²) >= 11 is 0. The van der Waals surface area contributed by atoms with Crippen LogP contribution in [0.3, 0.4) is 0 Å². The van der Waals surface area contributed by atoms with Gasteiger partial charge in [0.1, 0.15) is 5.65 Å². The van der Waals surface area contributed by atoms with Crippen LogP contribution in [0.5, 0.6) is 0 Å². The van der Waals surface area contributed by atoms with Crippen molar-refractivity contribution in [2.75, 3.05) is 5.73 Å². The smallest absolute Gasteiger partial charge is 0.215 e. The average Bonchev–Trinajstić information content (AvgIpc) is 2.59. The molecule has 3 aromatic heterocycles. The second-order valence-electron chi connectivity index (χ2n) is 5.43. The Balaban J connectivity index is 2.23. The largest absolute Gasteiger partial charge is 0.394 e. The standard InChI is InChI=1S/C17H19N5O/c1-3-7-22-10-14(18)15(23)13-9-20-16(21-17(13)22)11-5-6-19-12(4-2)8-11/h5-6,8-10H,3-4,7,18H2,1-2H3. The van der Waals surface area contributed by atoms with Crippen LogP contribution in [0.25, 0.3) is 22.4 Å². The van der Waals surface area contributed by atoms with Crippen LogP contribution in [-0.4, -0.2) is 19.5 Å². The monoisotopic (exact) mass is 309 g/mol. The van der Waals surface area contributed by atoms with E-state index in [1.165, 1.54) is 0 Å². The number of hydrogen-bond acceptors (Lipinski definition) is 5. The van der Waals surface area contributed by atoms with Gasteiger partial charge in [0.15, 0.2) is 5.82 Å². The number of hydrogen-bond donors (Lipinski definition) is 1. The predicted octanol–water partition coefficient (Wildman–Crippen LogP) is 2.41. The maximum Gasteiger partial charge on any atom is 0.215 e. The molecule has 6 heteroatoms. The van der Waals surface area contributed by atoms with Gasteiger partial charge in [0.05, 0.1) is 11.1 Å². The van der Waals surface area contributed by atoms with Crippen LogP contribution in [0.2, 0.25) is 0 Å². The molecule has 23 heavy (non-hydrogen) atoms. The van der Waals surface area contributed by atoms with Gasteiger partial charge < -0.3 is 10.3 Å². The highest BCUT2D eigenvalue weighted by atomic mass is 16.1. The molecule has 6 nitrogen and oxygen atoms in total. The van der Waals surface area contributed by atoms with Crippen molar-refractivity contribution in [3.05, 3.63) is 46.6 Å². The molecule has 0 bridgehead atoms. The molecule has 2 N–H and O–H groups in total. The van der Waals surface area contributed by atoms with Crippen LogP contribution in [0.1, 0.15) is 26.0 Å². The van der Waals surface area contributed by atoms with Crippen LogP contribution < -0.4 is 11.2 Å². The topological polar surface area (TPSA) is 86.7 Å². The fourth-order valence-corrected chi connectivity index (χ4v) is 2.56. The second kappa shape index (κ2) is 6.16. The first-order valence-electron chi connectivity index (χ1n) is 7.75. The molecule has 0 radical (unpaired) electrons. The zero-order valence-electron chi connectivity index (χ0n) is 13.3. The van der Waals surface area contributed by atoms with Gasteiger partial charge in [0.2, 0.25) is 5.43 Å². The lowest BCUT2D eigenvalue weighted by atomic mass is 10.2. The summed E-state index contributed by atoms with van der Waals surface area (Å²) in [5, 5.41) is 0.451. The highest BCUT2D eigenvalue weighted by molar-refractivity contribution is 5.79. The molecule has 3 aromatic rings. The van der Waals surface area contributed by atoms with E-state index in [1.54, 1.807) is 18.6 Å². The van der Waals surface area contributed by atoms with Crippen molar-refractivity contribution >= 4 is 16.7 Å². The number of nitrogens with zero attached hydrogens (tertiary/aromatic N) is 4. The van der Waals surface area contributed by atoms with Crippen LogP contribution >= 0.6 is 0 Å². The summed E-state index contributed by atoms with van der Waals surface area (Å²) in [4.78, 5) is 25.5. The molecule has 0 aliphatic carbocycles. The van der Waals surface area contributed by atoms with Crippen LogP contribution in [-0.2, 0) is 13.0 Å². The summed E-state index contributed by atoms with van der Waals surface area (Å²) in [5.74, 6) is 0.587. The number of nitrogen functional groups attached to an aromatic ring is 1. The van der Waals surface area contributed by atoms with Gasteiger partial charge in [-0.3, -0.25) is 9.78 Å². The quantitative estimate of drug-likeness (QED) is 0.799. The van der Waals surface area contributed by atoms with Crippen molar-refractivity contribution in [3.8, 4) is 11.4 Å². The zero-order valence-corrected chi connectivity index (χ0v) is 13.3. The molecule has 0 fully saturated rings. The Labute approximate surface area is 134 Å². The first kappa shape index (κ1) is 15.1. The van der Waals surface area contributed by atoms with Crippen molar-refractivity contribution < 1.29 is 0 Å². The molecule has 0 amide bonds. The third-order valence-corrected chi connectivity index (χ3v) is 3.74. The van der Waals surface area contributed by atoms with Gasteiger partial charge in [-0.15, -0.1) is 0 Å². The third kappa shape index (κ3) is 2.79. The number of rotatable bonds is 4. The number of nitrogens with two attached hydrogens (primary N) is 1. The molecule has 118 valence electrons. The fourth-order valence-electron chi connectivity index (χ4n) is 2.56. The summed E-state index contributed by atoms with van der Waals surface area (Å²) in [6.45, 7) is 4.86. The minimum absolute atomic E-state index is 0.220. The molecule has 3 heterocycles. The van der Waals surface area contributed by atoms with E-state index in [0.717, 1.165) is 30.6 Å². The number of anilines is 1. The summed E-state index contributed by atoms with van der Waals surface area (Å²) in [7, 11) is 0. The predicted molar refractivity (Wildman–Crippen MR) is 91.1 cm³/mol. The lowest BCUT2D eigenvalue weighted by molar-refractivity contribution is 0.692. The van der Waals surface area contributed by atoms with Crippen LogP contribution in [0.4, 0.5) is 5.69 Å². The van der Waals surface area contributed by atoms with E-state index in [2.05, 4.69) is 28.8 Å². The third-order valence-electron chi connectivity index (χ3n) is 3.74. The Bertz CT molecular complexity index is 916. The minimum Gasteiger partial charge on any atom is -0.394 e. The Morgan fingerprint density at radius 1 is 1.26 bits per heavy atom. The van der Waals surface area contributed by atoms with E-state index in [-0.39, 0.29) is 11.1 Å². The minimum atomic E-state index is -0.220. The van der Waals surface area contributed by atoms with Gasteiger partial charge in [-0.2, -0.15) is 0 Å². The lowest BCUT2D eigenvalue weighted by Gasteiger charge is -2.11. The van der Waals surface area contributed by atoms with Gasteiger partial charge in [-0.1, -0.05) is 13.8 Å². The van der Waals surface area contributed by atoms with Gasteiger partial charge in [-0.05, 0) is 25.0 Å². The Morgan fingerprint density at radius 2 is 2.09 bits per heavy atom. The first-order valence-corrected chi connectivity index (χ1v) is 7.75. The molecule has 0 unspecified atom stereocenters. The highest BCUT2D eigenvalue weighted by Crippen LogP contribution is 2.18. The molecule has 0 atom stereocenters. The molecule has 0 spiro atoms. The van der Waals surface area contributed by atoms with Crippen LogP contribution in [0, 0.1) is 0 Å². The highest BCUT2D eigenvalue weighted by Gasteiger charge is 2.11. The van der Waals surface area contributed by atoms with Crippen LogP contribution in [0.15, 0.2) is 35.5 Å². The van der Waals surface area contributed by atoms with Crippen molar-refractivity contribution in [1.82, 2.24) is 19.5 Å². The zero-order chi connectivity index (χ0) is 16.4. The molecule has 3 rings (SSSR count).